The van der Waals surface area contributed by atoms with E-state index in [1.54, 1.807) is 11.5 Å². The van der Waals surface area contributed by atoms with Crippen LogP contribution >= 0.6 is 0 Å². The highest BCUT2D eigenvalue weighted by atomic mass is 17.1. The van der Waals surface area contributed by atoms with E-state index in [1.807, 2.05) is 55.5 Å². The Morgan fingerprint density at radius 3 is 2.34 bits per heavy atom. The molecule has 4 N–H and O–H groups in total. The maximum absolute atomic E-state index is 12.3. The first-order chi connectivity index (χ1) is 22.4. The van der Waals surface area contributed by atoms with Crippen LogP contribution in [0.1, 0.15) is 80.8 Å². The van der Waals surface area contributed by atoms with Crippen molar-refractivity contribution in [3.05, 3.63) is 71.3 Å². The lowest BCUT2D eigenvalue weighted by molar-refractivity contribution is -0.492. The summed E-state index contributed by atoms with van der Waals surface area (Å²) in [6.07, 6.45) is 0.317. The van der Waals surface area contributed by atoms with Crippen LogP contribution in [0.4, 0.5) is 4.79 Å². The number of carbonyl (C=O) groups is 2. The molecule has 0 aliphatic rings. The van der Waals surface area contributed by atoms with E-state index in [4.69, 9.17) is 19.9 Å². The number of aromatic nitrogens is 6. The number of hydrogen-bond acceptors (Lipinski definition) is 13. The molecule has 0 amide bonds. The first-order valence-electron chi connectivity index (χ1n) is 15.1. The predicted molar refractivity (Wildman–Crippen MR) is 164 cm³/mol. The largest absolute Gasteiger partial charge is 0.510 e. The molecule has 4 aromatic rings. The van der Waals surface area contributed by atoms with Gasteiger partial charge in [0.05, 0.1) is 18.6 Å². The van der Waals surface area contributed by atoms with E-state index in [9.17, 15) is 19.8 Å². The summed E-state index contributed by atoms with van der Waals surface area (Å²) >= 11 is 0. The molecule has 16 nitrogen and oxygen atoms in total. The highest BCUT2D eigenvalue weighted by molar-refractivity contribution is 5.87. The molecule has 0 bridgehead atoms. The molecule has 1 unspecified atom stereocenters. The summed E-state index contributed by atoms with van der Waals surface area (Å²) in [4.78, 5) is 34.4. The molecule has 4 rings (SSSR count). The Morgan fingerprint density at radius 2 is 1.70 bits per heavy atom. The van der Waals surface area contributed by atoms with Gasteiger partial charge in [-0.1, -0.05) is 55.5 Å². The Kier molecular flexibility index (Phi) is 11.7. The van der Waals surface area contributed by atoms with Crippen LogP contribution in [0, 0.1) is 0 Å². The molecule has 0 radical (unpaired) electrons. The average molecular weight is 654 g/mol. The van der Waals surface area contributed by atoms with Crippen molar-refractivity contribution in [3.63, 3.8) is 0 Å². The fourth-order valence-electron chi connectivity index (χ4n) is 4.84. The van der Waals surface area contributed by atoms with Crippen LogP contribution in [-0.4, -0.2) is 81.1 Å². The van der Waals surface area contributed by atoms with Crippen LogP contribution < -0.4 is 0 Å². The monoisotopic (exact) mass is 653 g/mol. The molecule has 252 valence electrons. The zero-order chi connectivity index (χ0) is 34.1. The highest BCUT2D eigenvalue weighted by Crippen LogP contribution is 2.31. The third-order valence-corrected chi connectivity index (χ3v) is 7.06. The van der Waals surface area contributed by atoms with E-state index in [0.717, 1.165) is 27.9 Å². The van der Waals surface area contributed by atoms with Gasteiger partial charge in [0.15, 0.2) is 5.69 Å². The van der Waals surface area contributed by atoms with Crippen molar-refractivity contribution in [1.29, 1.82) is 0 Å². The molecule has 0 saturated heterocycles. The average Bonchev–Trinajstić information content (AvgIpc) is 3.65. The number of carboxylic acids is 1. The summed E-state index contributed by atoms with van der Waals surface area (Å²) in [5, 5.41) is 49.8. The van der Waals surface area contributed by atoms with Gasteiger partial charge in [-0.2, -0.15) is 0 Å². The Balaban J connectivity index is 1.47. The molecule has 0 aliphatic carbocycles. The lowest BCUT2D eigenvalue weighted by Crippen LogP contribution is -2.22. The molecule has 0 fully saturated rings. The second kappa shape index (κ2) is 15.7. The standard InChI is InChI=1S/C31H39N7O9/c1-5-10-25-32-27(31(3,4)42)26(29(39)40)36(25)19-21-13-15-22(16-14-21)23-11-6-7-12-24(23)28-33-35-37(34-28)20(2)47-30(41)45-17-8-9-18-46-38(43)44/h6-7,11-16,20,42-44H,5,8-10,17-19H2,1-4H3,(H,39,40). The lowest BCUT2D eigenvalue weighted by Gasteiger charge is -2.16. The summed E-state index contributed by atoms with van der Waals surface area (Å²) in [6.45, 7) is 6.94. The molecular formula is C31H39N7O9. The van der Waals surface area contributed by atoms with Gasteiger partial charge in [0.1, 0.15) is 17.1 Å². The van der Waals surface area contributed by atoms with Crippen molar-refractivity contribution in [2.75, 3.05) is 13.2 Å². The highest BCUT2D eigenvalue weighted by Gasteiger charge is 2.31. The number of benzene rings is 2. The normalized spacial score (nSPS) is 12.3. The van der Waals surface area contributed by atoms with Crippen LogP contribution in [0.2, 0.25) is 0 Å². The first-order valence-corrected chi connectivity index (χ1v) is 15.1. The molecule has 1 atom stereocenters. The van der Waals surface area contributed by atoms with E-state index in [0.29, 0.717) is 36.5 Å². The lowest BCUT2D eigenvalue weighted by atomic mass is 9.98. The molecule has 2 heterocycles. The first kappa shape index (κ1) is 35.1. The zero-order valence-corrected chi connectivity index (χ0v) is 26.6. The number of unbranched alkanes of at least 4 members (excludes halogenated alkanes) is 1. The number of ether oxygens (including phenoxy) is 2. The molecule has 0 saturated carbocycles. The second-order valence-electron chi connectivity index (χ2n) is 11.2. The molecular weight excluding hydrogens is 614 g/mol. The number of hydrogen-bond donors (Lipinski definition) is 4. The fraction of sp³-hybridized carbons (Fsp3) is 0.419. The molecule has 0 aliphatic heterocycles. The maximum Gasteiger partial charge on any atom is 0.510 e. The summed E-state index contributed by atoms with van der Waals surface area (Å²) in [7, 11) is 0. The third kappa shape index (κ3) is 9.17. The summed E-state index contributed by atoms with van der Waals surface area (Å²) in [6, 6.07) is 15.1. The smallest absolute Gasteiger partial charge is 0.477 e. The van der Waals surface area contributed by atoms with Crippen molar-refractivity contribution in [3.8, 4) is 22.5 Å². The number of imidazole rings is 1. The Bertz CT molecular complexity index is 1650. The second-order valence-corrected chi connectivity index (χ2v) is 11.2. The number of aromatic carboxylic acids is 1. The van der Waals surface area contributed by atoms with Crippen LogP contribution in [0.15, 0.2) is 48.5 Å². The van der Waals surface area contributed by atoms with E-state index >= 15 is 0 Å². The number of carbonyl (C=O) groups excluding carboxylic acids is 1. The van der Waals surface area contributed by atoms with Crippen LogP contribution in [-0.2, 0) is 32.9 Å². The van der Waals surface area contributed by atoms with Gasteiger partial charge in [-0.3, -0.25) is 15.3 Å². The van der Waals surface area contributed by atoms with Crippen LogP contribution in [0.3, 0.4) is 0 Å². The predicted octanol–water partition coefficient (Wildman–Crippen LogP) is 4.59. The number of nitrogens with zero attached hydrogens (tertiary/aromatic N) is 7. The van der Waals surface area contributed by atoms with Gasteiger partial charge in [0.25, 0.3) is 0 Å². The van der Waals surface area contributed by atoms with Crippen molar-refractivity contribution in [2.45, 2.75) is 71.8 Å². The number of aryl methyl sites for hydroxylation is 1. The van der Waals surface area contributed by atoms with Crippen molar-refractivity contribution < 1.29 is 44.5 Å². The molecule has 16 heteroatoms. The Hall–Kier alpha value is -4.74. The zero-order valence-electron chi connectivity index (χ0n) is 26.6. The molecule has 0 spiro atoms. The van der Waals surface area contributed by atoms with Gasteiger partial charge in [-0.15, -0.1) is 15.0 Å². The van der Waals surface area contributed by atoms with Gasteiger partial charge < -0.3 is 24.3 Å². The van der Waals surface area contributed by atoms with Crippen LogP contribution in [0.25, 0.3) is 22.5 Å². The van der Waals surface area contributed by atoms with E-state index in [2.05, 4.69) is 25.2 Å². The SMILES string of the molecule is CCCc1nc(C(C)(C)O)c(C(=O)O)n1Cc1ccc(-c2ccccc2-c2nnn(C(C)OC(=O)OCCCCON(O)O)n2)cc1. The maximum atomic E-state index is 12.3. The van der Waals surface area contributed by atoms with E-state index in [-0.39, 0.29) is 36.5 Å². The minimum absolute atomic E-state index is 0.0274. The Morgan fingerprint density at radius 1 is 1.02 bits per heavy atom. The topological polar surface area (TPSA) is 207 Å². The number of rotatable bonds is 16. The summed E-state index contributed by atoms with van der Waals surface area (Å²) in [5.74, 6) is -0.244. The van der Waals surface area contributed by atoms with E-state index < -0.39 is 24.0 Å². The fourth-order valence-corrected chi connectivity index (χ4v) is 4.84. The number of carboxylic acid groups (broad SMARTS) is 1. The minimum atomic E-state index is -1.42. The number of aliphatic hydroxyl groups is 1. The van der Waals surface area contributed by atoms with Crippen LogP contribution in [0.5, 0.6) is 0 Å². The van der Waals surface area contributed by atoms with Crippen molar-refractivity contribution in [2.24, 2.45) is 0 Å². The van der Waals surface area contributed by atoms with Gasteiger partial charge in [-0.25, -0.2) is 14.6 Å². The van der Waals surface area contributed by atoms with Gasteiger partial charge in [0.2, 0.25) is 12.1 Å². The minimum Gasteiger partial charge on any atom is -0.477 e. The van der Waals surface area contributed by atoms with Gasteiger partial charge in [0, 0.05) is 18.5 Å². The number of tetrazole rings is 1. The summed E-state index contributed by atoms with van der Waals surface area (Å²) < 4.78 is 11.9. The Labute approximate surface area is 270 Å². The van der Waals surface area contributed by atoms with Gasteiger partial charge >= 0.3 is 12.1 Å². The van der Waals surface area contributed by atoms with E-state index in [1.165, 1.54) is 13.8 Å². The molecule has 2 aromatic heterocycles. The molecule has 2 aromatic carbocycles. The van der Waals surface area contributed by atoms with Crippen molar-refractivity contribution in [1.82, 2.24) is 35.1 Å². The summed E-state index contributed by atoms with van der Waals surface area (Å²) in [5.41, 5.74) is 1.92. The quantitative estimate of drug-likeness (QED) is 0.0741. The van der Waals surface area contributed by atoms with Gasteiger partial charge in [-0.05, 0) is 61.9 Å². The van der Waals surface area contributed by atoms with Crippen molar-refractivity contribution >= 4 is 12.1 Å². The third-order valence-electron chi connectivity index (χ3n) is 7.06. The molecule has 47 heavy (non-hydrogen) atoms.